The van der Waals surface area contributed by atoms with Crippen LogP contribution >= 0.6 is 0 Å². The smallest absolute Gasteiger partial charge is 0.164 e. The van der Waals surface area contributed by atoms with Gasteiger partial charge in [0.25, 0.3) is 0 Å². The third kappa shape index (κ3) is 4.39. The van der Waals surface area contributed by atoms with Gasteiger partial charge in [0.1, 0.15) is 11.2 Å². The van der Waals surface area contributed by atoms with E-state index < -0.39 is 0 Å². The van der Waals surface area contributed by atoms with Gasteiger partial charge in [0, 0.05) is 32.8 Å². The van der Waals surface area contributed by atoms with Crippen LogP contribution in [0.2, 0.25) is 0 Å². The molecule has 3 aromatic heterocycles. The number of benzene rings is 8. The normalized spacial score (nSPS) is 11.8. The van der Waals surface area contributed by atoms with Crippen LogP contribution in [0, 0.1) is 0 Å². The van der Waals surface area contributed by atoms with E-state index in [1.165, 1.54) is 32.3 Å². The van der Waals surface area contributed by atoms with Crippen molar-refractivity contribution in [2.45, 2.75) is 0 Å². The van der Waals surface area contributed by atoms with E-state index in [4.69, 9.17) is 19.4 Å². The van der Waals surface area contributed by atoms with Crippen LogP contribution in [0.3, 0.4) is 0 Å². The third-order valence-electron chi connectivity index (χ3n) is 10.2. The van der Waals surface area contributed by atoms with Crippen molar-refractivity contribution in [1.29, 1.82) is 0 Å². The second-order valence-electron chi connectivity index (χ2n) is 13.2. The van der Waals surface area contributed by atoms with Crippen LogP contribution in [0.4, 0.5) is 0 Å². The Balaban J connectivity index is 1.28. The fourth-order valence-corrected chi connectivity index (χ4v) is 7.81. The molecule has 0 atom stereocenters. The maximum Gasteiger partial charge on any atom is 0.164 e. The Hall–Kier alpha value is -7.11. The van der Waals surface area contributed by atoms with Gasteiger partial charge in [0.05, 0.1) is 22.1 Å². The molecule has 0 aliphatic rings. The Morgan fingerprint density at radius 2 is 0.942 bits per heavy atom. The number of para-hydroxylation sites is 1. The summed E-state index contributed by atoms with van der Waals surface area (Å²) >= 11 is 0. The molecule has 0 radical (unpaired) electrons. The van der Waals surface area contributed by atoms with Crippen LogP contribution in [0.5, 0.6) is 0 Å². The van der Waals surface area contributed by atoms with Crippen molar-refractivity contribution in [3.63, 3.8) is 0 Å². The van der Waals surface area contributed by atoms with Gasteiger partial charge in [-0.1, -0.05) is 133 Å². The van der Waals surface area contributed by atoms with Gasteiger partial charge in [-0.05, 0) is 57.9 Å². The van der Waals surface area contributed by atoms with Gasteiger partial charge >= 0.3 is 0 Å². The lowest BCUT2D eigenvalue weighted by Crippen LogP contribution is -2.01. The van der Waals surface area contributed by atoms with Gasteiger partial charge in [-0.3, -0.25) is 0 Å². The quantitative estimate of drug-likeness (QED) is 0.188. The lowest BCUT2D eigenvalue weighted by Gasteiger charge is -2.13. The molecule has 8 aromatic carbocycles. The third-order valence-corrected chi connectivity index (χ3v) is 10.2. The van der Waals surface area contributed by atoms with Crippen LogP contribution < -0.4 is 0 Å². The largest absolute Gasteiger partial charge is 0.456 e. The highest BCUT2D eigenvalue weighted by molar-refractivity contribution is 6.24. The zero-order valence-electron chi connectivity index (χ0n) is 27.9. The summed E-state index contributed by atoms with van der Waals surface area (Å²) in [7, 11) is 0. The Kier molecular flexibility index (Phi) is 6.18. The maximum atomic E-state index is 6.66. The topological polar surface area (TPSA) is 56.7 Å². The predicted octanol–water partition coefficient (Wildman–Crippen LogP) is 12.2. The number of aromatic nitrogens is 4. The Labute approximate surface area is 298 Å². The molecule has 0 aliphatic carbocycles. The molecule has 0 spiro atoms. The van der Waals surface area contributed by atoms with Crippen molar-refractivity contribution in [3.8, 4) is 39.9 Å². The Morgan fingerprint density at radius 3 is 1.65 bits per heavy atom. The number of rotatable bonds is 4. The van der Waals surface area contributed by atoms with Crippen molar-refractivity contribution in [2.75, 3.05) is 0 Å². The van der Waals surface area contributed by atoms with Crippen molar-refractivity contribution in [1.82, 2.24) is 19.5 Å². The molecule has 0 N–H and O–H groups in total. The molecule has 242 valence electrons. The first-order valence-electron chi connectivity index (χ1n) is 17.4. The Morgan fingerprint density at radius 1 is 0.365 bits per heavy atom. The first-order valence-corrected chi connectivity index (χ1v) is 17.4. The standard InChI is InChI=1S/C47H28N4O/c1-3-14-30(15-4-1)45-48-46(31-16-5-2-6-17-31)50-47(49-45)34-27-40(44-36-21-11-12-22-41(36)52-42(44)28-34)51-38-24-23-29-13-9-10-20-35(29)43(38)37-25-32-18-7-8-19-33(32)26-39(37)51/h1-28H. The van der Waals surface area contributed by atoms with Gasteiger partial charge in [-0.2, -0.15) is 0 Å². The number of hydrogen-bond donors (Lipinski definition) is 0. The van der Waals surface area contributed by atoms with Gasteiger partial charge in [-0.15, -0.1) is 0 Å². The first kappa shape index (κ1) is 28.7. The van der Waals surface area contributed by atoms with E-state index in [0.717, 1.165) is 55.3 Å². The van der Waals surface area contributed by atoms with Crippen molar-refractivity contribution in [2.24, 2.45) is 0 Å². The minimum absolute atomic E-state index is 0.577. The van der Waals surface area contributed by atoms with Gasteiger partial charge in [-0.25, -0.2) is 15.0 Å². The van der Waals surface area contributed by atoms with Crippen molar-refractivity contribution < 1.29 is 4.42 Å². The van der Waals surface area contributed by atoms with Gasteiger partial charge in [0.2, 0.25) is 0 Å². The minimum atomic E-state index is 0.577. The molecular weight excluding hydrogens is 637 g/mol. The van der Waals surface area contributed by atoms with E-state index in [1.807, 2.05) is 72.8 Å². The fourth-order valence-electron chi connectivity index (χ4n) is 7.81. The zero-order chi connectivity index (χ0) is 34.2. The van der Waals surface area contributed by atoms with Crippen LogP contribution in [0.25, 0.3) is 105 Å². The second-order valence-corrected chi connectivity index (χ2v) is 13.2. The van der Waals surface area contributed by atoms with Crippen molar-refractivity contribution in [3.05, 3.63) is 170 Å². The molecule has 0 fully saturated rings. The highest BCUT2D eigenvalue weighted by Gasteiger charge is 2.22. The highest BCUT2D eigenvalue weighted by Crippen LogP contribution is 2.43. The fraction of sp³-hybridized carbons (Fsp3) is 0. The monoisotopic (exact) mass is 664 g/mol. The molecule has 0 aliphatic heterocycles. The molecule has 11 rings (SSSR count). The molecule has 11 aromatic rings. The summed E-state index contributed by atoms with van der Waals surface area (Å²) in [6.07, 6.45) is 0. The molecule has 0 bridgehead atoms. The van der Waals surface area contributed by atoms with Crippen LogP contribution in [0.15, 0.2) is 174 Å². The summed E-state index contributed by atoms with van der Waals surface area (Å²) in [5, 5.41) is 9.36. The maximum absolute atomic E-state index is 6.66. The van der Waals surface area contributed by atoms with Crippen LogP contribution in [-0.2, 0) is 0 Å². The van der Waals surface area contributed by atoms with E-state index >= 15 is 0 Å². The molecule has 0 unspecified atom stereocenters. The average molecular weight is 665 g/mol. The molecule has 3 heterocycles. The molecular formula is C47H28N4O. The van der Waals surface area contributed by atoms with E-state index in [9.17, 15) is 0 Å². The van der Waals surface area contributed by atoms with Gasteiger partial charge in [0.15, 0.2) is 17.5 Å². The molecule has 5 heteroatoms. The SMILES string of the molecule is c1ccc(-c2nc(-c3ccccc3)nc(-c3cc(-n4c5cc6ccccc6cc5c5c6ccccc6ccc54)c4c(c3)oc3ccccc34)n2)cc1. The Bertz CT molecular complexity index is 3120. The second kappa shape index (κ2) is 11.2. The molecule has 0 saturated carbocycles. The first-order chi connectivity index (χ1) is 25.8. The minimum Gasteiger partial charge on any atom is -0.456 e. The van der Waals surface area contributed by atoms with Crippen LogP contribution in [0.1, 0.15) is 0 Å². The number of furan rings is 1. The summed E-state index contributed by atoms with van der Waals surface area (Å²) in [4.78, 5) is 15.2. The highest BCUT2D eigenvalue weighted by atomic mass is 16.3. The summed E-state index contributed by atoms with van der Waals surface area (Å²) in [6.45, 7) is 0. The van der Waals surface area contributed by atoms with Gasteiger partial charge < -0.3 is 8.98 Å². The van der Waals surface area contributed by atoms with E-state index in [0.29, 0.717) is 17.5 Å². The summed E-state index contributed by atoms with van der Waals surface area (Å²) in [5.41, 5.74) is 7.55. The molecule has 52 heavy (non-hydrogen) atoms. The number of fused-ring (bicyclic) bond motifs is 9. The summed E-state index contributed by atoms with van der Waals surface area (Å²) in [5.74, 6) is 1.81. The number of nitrogens with zero attached hydrogens (tertiary/aromatic N) is 4. The van der Waals surface area contributed by atoms with E-state index in [-0.39, 0.29) is 0 Å². The lowest BCUT2D eigenvalue weighted by atomic mass is 10.0. The predicted molar refractivity (Wildman–Crippen MR) is 213 cm³/mol. The molecule has 5 nitrogen and oxygen atoms in total. The molecule has 0 amide bonds. The average Bonchev–Trinajstić information content (AvgIpc) is 3.75. The lowest BCUT2D eigenvalue weighted by molar-refractivity contribution is 0.669. The summed E-state index contributed by atoms with van der Waals surface area (Å²) < 4.78 is 9.07. The van der Waals surface area contributed by atoms with E-state index in [1.54, 1.807) is 0 Å². The van der Waals surface area contributed by atoms with Crippen LogP contribution in [-0.4, -0.2) is 19.5 Å². The summed E-state index contributed by atoms with van der Waals surface area (Å²) in [6, 6.07) is 59.2. The van der Waals surface area contributed by atoms with E-state index in [2.05, 4.69) is 102 Å². The number of hydrogen-bond acceptors (Lipinski definition) is 4. The zero-order valence-corrected chi connectivity index (χ0v) is 27.9. The van der Waals surface area contributed by atoms with Crippen molar-refractivity contribution >= 4 is 65.3 Å². The molecule has 0 saturated heterocycles.